The van der Waals surface area contributed by atoms with Crippen molar-refractivity contribution in [3.8, 4) is 0 Å². The van der Waals surface area contributed by atoms with Crippen molar-refractivity contribution in [1.29, 1.82) is 0 Å². The fraction of sp³-hybridized carbons (Fsp3) is 0.226. The van der Waals surface area contributed by atoms with Crippen LogP contribution in [0, 0.1) is 0 Å². The summed E-state index contributed by atoms with van der Waals surface area (Å²) in [5.74, 6) is -1.32. The topological polar surface area (TPSA) is 137 Å². The lowest BCUT2D eigenvalue weighted by molar-refractivity contribution is -0.136. The number of carbonyl (C=O) groups excluding carboxylic acids is 2. The van der Waals surface area contributed by atoms with Crippen molar-refractivity contribution in [2.24, 2.45) is 10.7 Å². The molecule has 3 aromatic rings. The number of halogens is 1. The maximum Gasteiger partial charge on any atom is 0.308 e. The van der Waals surface area contributed by atoms with E-state index in [2.05, 4.69) is 22.2 Å². The van der Waals surface area contributed by atoms with E-state index in [1.807, 2.05) is 50.2 Å². The number of carbonyl (C=O) groups is 3. The lowest BCUT2D eigenvalue weighted by Crippen LogP contribution is -2.38. The van der Waals surface area contributed by atoms with Gasteiger partial charge in [0.25, 0.3) is 5.91 Å². The average Bonchev–Trinajstić information content (AvgIpc) is 2.90. The molecule has 0 saturated carbocycles. The molecule has 0 radical (unpaired) electrons. The molecule has 0 aliphatic rings. The van der Waals surface area contributed by atoms with E-state index in [0.29, 0.717) is 11.3 Å². The maximum atomic E-state index is 12.8. The monoisotopic (exact) mass is 575 g/mol. The minimum absolute atomic E-state index is 0.0124. The molecule has 2 amide bonds. The number of likely N-dealkylation sites (N-methyl/N-ethyl adjacent to an activating group) is 1. The van der Waals surface area contributed by atoms with Crippen LogP contribution >= 0.6 is 11.6 Å². The average molecular weight is 576 g/mol. The van der Waals surface area contributed by atoms with Gasteiger partial charge in [-0.1, -0.05) is 60.6 Å². The smallest absolute Gasteiger partial charge is 0.308 e. The summed E-state index contributed by atoms with van der Waals surface area (Å²) in [6.45, 7) is 7.25. The lowest BCUT2D eigenvalue weighted by atomic mass is 10.1. The first-order valence-electron chi connectivity index (χ1n) is 12.9. The zero-order valence-electron chi connectivity index (χ0n) is 23.3. The van der Waals surface area contributed by atoms with Gasteiger partial charge in [0.15, 0.2) is 0 Å². The molecule has 41 heavy (non-hydrogen) atoms. The number of fused-ring (bicyclic) bond motifs is 1. The zero-order chi connectivity index (χ0) is 30.1. The Balaban J connectivity index is 1.77. The first-order valence-corrected chi connectivity index (χ1v) is 13.3. The highest BCUT2D eigenvalue weighted by atomic mass is 35.5. The number of nitrogens with zero attached hydrogens (tertiary/aromatic N) is 2. The molecule has 0 spiro atoms. The molecule has 10 heteroatoms. The Morgan fingerprint density at radius 2 is 1.71 bits per heavy atom. The van der Waals surface area contributed by atoms with Crippen LogP contribution in [0.1, 0.15) is 36.2 Å². The van der Waals surface area contributed by atoms with Crippen molar-refractivity contribution in [2.75, 3.05) is 18.9 Å². The third-order valence-corrected chi connectivity index (χ3v) is 6.20. The van der Waals surface area contributed by atoms with E-state index in [-0.39, 0.29) is 53.1 Å². The van der Waals surface area contributed by atoms with E-state index in [4.69, 9.17) is 17.3 Å². The van der Waals surface area contributed by atoms with Gasteiger partial charge in [0, 0.05) is 41.4 Å². The molecule has 0 aromatic heterocycles. The Morgan fingerprint density at radius 1 is 1.05 bits per heavy atom. The van der Waals surface area contributed by atoms with Crippen LogP contribution < -0.4 is 16.4 Å². The van der Waals surface area contributed by atoms with Crippen LogP contribution in [0.25, 0.3) is 10.8 Å². The molecule has 0 saturated heterocycles. The van der Waals surface area contributed by atoms with Crippen molar-refractivity contribution in [1.82, 2.24) is 10.2 Å². The van der Waals surface area contributed by atoms with Gasteiger partial charge < -0.3 is 26.4 Å². The first-order chi connectivity index (χ1) is 19.4. The number of hydrogen-bond acceptors (Lipinski definition) is 5. The van der Waals surface area contributed by atoms with Gasteiger partial charge in [-0.05, 0) is 54.4 Å². The SMILES string of the molecule is C=C(Cl)/C(CC(=O)O)=C(\N=C(/N)Cc1ccc(NC(=O)c2ccc3ccccc3c2)cc1)N(C)CC(=O)NC(C)C. The Labute approximate surface area is 244 Å². The number of rotatable bonds is 12. The van der Waals surface area contributed by atoms with Crippen molar-refractivity contribution in [2.45, 2.75) is 32.7 Å². The van der Waals surface area contributed by atoms with Gasteiger partial charge in [-0.15, -0.1) is 0 Å². The Morgan fingerprint density at radius 3 is 2.32 bits per heavy atom. The summed E-state index contributed by atoms with van der Waals surface area (Å²) in [4.78, 5) is 42.6. The molecular weight excluding hydrogens is 542 g/mol. The predicted molar refractivity (Wildman–Crippen MR) is 164 cm³/mol. The van der Waals surface area contributed by atoms with Gasteiger partial charge in [0.2, 0.25) is 5.91 Å². The summed E-state index contributed by atoms with van der Waals surface area (Å²) in [7, 11) is 1.60. The predicted octanol–water partition coefficient (Wildman–Crippen LogP) is 4.89. The number of amides is 2. The molecule has 3 aromatic carbocycles. The highest BCUT2D eigenvalue weighted by Crippen LogP contribution is 2.24. The second-order valence-corrected chi connectivity index (χ2v) is 10.3. The van der Waals surface area contributed by atoms with Crippen LogP contribution in [0.5, 0.6) is 0 Å². The number of allylic oxidation sites excluding steroid dienone is 1. The summed E-state index contributed by atoms with van der Waals surface area (Å²) in [6.07, 6.45) is -0.222. The molecule has 0 aliphatic carbocycles. The van der Waals surface area contributed by atoms with Crippen LogP contribution in [-0.2, 0) is 16.0 Å². The van der Waals surface area contributed by atoms with Gasteiger partial charge in [-0.3, -0.25) is 14.4 Å². The number of carboxylic acids is 1. The number of carboxylic acid groups (broad SMARTS) is 1. The second-order valence-electron chi connectivity index (χ2n) is 9.85. The quantitative estimate of drug-likeness (QED) is 0.138. The van der Waals surface area contributed by atoms with Crippen LogP contribution in [-0.4, -0.2) is 53.3 Å². The second kappa shape index (κ2) is 14.1. The molecule has 214 valence electrons. The fourth-order valence-electron chi connectivity index (χ4n) is 4.11. The highest BCUT2D eigenvalue weighted by Gasteiger charge is 2.19. The van der Waals surface area contributed by atoms with Crippen molar-refractivity contribution < 1.29 is 19.5 Å². The van der Waals surface area contributed by atoms with Crippen LogP contribution in [0.2, 0.25) is 0 Å². The number of nitrogens with two attached hydrogens (primary N) is 1. The summed E-state index contributed by atoms with van der Waals surface area (Å²) in [5, 5.41) is 17.1. The molecule has 0 atom stereocenters. The molecule has 0 unspecified atom stereocenters. The van der Waals surface area contributed by atoms with E-state index in [0.717, 1.165) is 16.3 Å². The number of aliphatic carboxylic acids is 1. The third-order valence-electron chi connectivity index (χ3n) is 5.98. The van der Waals surface area contributed by atoms with Crippen molar-refractivity contribution >= 4 is 51.7 Å². The van der Waals surface area contributed by atoms with E-state index in [1.54, 1.807) is 37.4 Å². The highest BCUT2D eigenvalue weighted by molar-refractivity contribution is 6.32. The summed E-state index contributed by atoms with van der Waals surface area (Å²) < 4.78 is 0. The van der Waals surface area contributed by atoms with Crippen molar-refractivity contribution in [3.63, 3.8) is 0 Å². The number of aliphatic imine (C=N–C) groups is 1. The van der Waals surface area contributed by atoms with Gasteiger partial charge in [-0.25, -0.2) is 4.99 Å². The molecule has 3 rings (SSSR count). The molecule has 9 nitrogen and oxygen atoms in total. The number of amidine groups is 1. The molecule has 0 heterocycles. The van der Waals surface area contributed by atoms with Gasteiger partial charge in [0.1, 0.15) is 11.7 Å². The van der Waals surface area contributed by atoms with E-state index < -0.39 is 12.4 Å². The van der Waals surface area contributed by atoms with Crippen molar-refractivity contribution in [3.05, 3.63) is 101 Å². The minimum Gasteiger partial charge on any atom is -0.481 e. The van der Waals surface area contributed by atoms with E-state index in [1.165, 1.54) is 4.90 Å². The Hall–Kier alpha value is -4.63. The van der Waals surface area contributed by atoms with Crippen LogP contribution in [0.15, 0.2) is 94.7 Å². The third kappa shape index (κ3) is 9.22. The Kier molecular flexibility index (Phi) is 10.7. The normalized spacial score (nSPS) is 12.1. The van der Waals surface area contributed by atoms with E-state index in [9.17, 15) is 19.5 Å². The summed E-state index contributed by atoms with van der Waals surface area (Å²) >= 11 is 6.14. The molecule has 0 fully saturated rings. The van der Waals surface area contributed by atoms with Crippen LogP contribution in [0.4, 0.5) is 5.69 Å². The largest absolute Gasteiger partial charge is 0.481 e. The first kappa shape index (κ1) is 30.9. The van der Waals surface area contributed by atoms with E-state index >= 15 is 0 Å². The number of benzene rings is 3. The lowest BCUT2D eigenvalue weighted by Gasteiger charge is -2.23. The summed E-state index contributed by atoms with van der Waals surface area (Å²) in [6, 6.07) is 20.4. The number of hydrogen-bond donors (Lipinski definition) is 4. The zero-order valence-corrected chi connectivity index (χ0v) is 24.0. The molecule has 0 aliphatic heterocycles. The molecular formula is C31H34ClN5O4. The van der Waals surface area contributed by atoms with Gasteiger partial charge in [0.05, 0.1) is 13.0 Å². The standard InChI is InChI=1S/C31H34ClN5O4/c1-19(2)34-28(38)18-37(4)30(26(20(3)32)17-29(39)40)36-27(33)15-21-9-13-25(14-10-21)35-31(41)24-12-11-22-7-5-6-8-23(22)16-24/h5-14,16,19H,3,15,17-18H2,1-2,4H3,(H2,33,36)(H,34,38)(H,35,41)(H,39,40)/b30-26+. The van der Waals surface area contributed by atoms with Gasteiger partial charge in [-0.2, -0.15) is 0 Å². The molecule has 0 bridgehead atoms. The van der Waals surface area contributed by atoms with Gasteiger partial charge >= 0.3 is 5.97 Å². The maximum absolute atomic E-state index is 12.8. The molecule has 5 N–H and O–H groups in total. The number of nitrogens with one attached hydrogen (secondary N) is 2. The number of anilines is 1. The Bertz CT molecular complexity index is 1510. The fourth-order valence-corrected chi connectivity index (χ4v) is 4.26. The van der Waals surface area contributed by atoms with Crippen LogP contribution in [0.3, 0.4) is 0 Å². The summed E-state index contributed by atoms with van der Waals surface area (Å²) in [5.41, 5.74) is 8.38. The minimum atomic E-state index is -1.13.